The SMILES string of the molecule is O=CC(=O)C1c2cc(N3CC4CC(C3)N4CC3CCN(CCOc4ccc(C(=C(CCCl)c5ccccc5)c5ccccc5)cc4)CC3)ccc2CN1C1CCC(=O)NC1=O. The monoisotopic (exact) mass is 839 g/mol. The van der Waals surface area contributed by atoms with Gasteiger partial charge in [-0.1, -0.05) is 78.9 Å². The number of alkyl halides is 1. The molecular formula is C50H54ClN5O5. The van der Waals surface area contributed by atoms with Crippen molar-refractivity contribution in [3.05, 3.63) is 131 Å². The van der Waals surface area contributed by atoms with Crippen LogP contribution >= 0.6 is 11.6 Å². The van der Waals surface area contributed by atoms with Crippen molar-refractivity contribution in [2.75, 3.05) is 56.7 Å². The molecule has 0 radical (unpaired) electrons. The minimum atomic E-state index is -0.812. The molecule has 1 N–H and O–H groups in total. The maximum atomic E-state index is 13.0. The summed E-state index contributed by atoms with van der Waals surface area (Å²) in [5.74, 6) is 0.853. The molecule has 4 aromatic carbocycles. The van der Waals surface area contributed by atoms with Gasteiger partial charge in [0.25, 0.3) is 0 Å². The van der Waals surface area contributed by atoms with Gasteiger partial charge in [0.15, 0.2) is 6.29 Å². The Bertz CT molecular complexity index is 2250. The van der Waals surface area contributed by atoms with E-state index in [4.69, 9.17) is 16.3 Å². The number of nitrogens with zero attached hydrogens (tertiary/aromatic N) is 4. The number of amides is 2. The van der Waals surface area contributed by atoms with Crippen LogP contribution in [-0.4, -0.2) is 108 Å². The highest BCUT2D eigenvalue weighted by molar-refractivity contribution is 6.27. The van der Waals surface area contributed by atoms with Crippen LogP contribution in [0.25, 0.3) is 11.1 Å². The quantitative estimate of drug-likeness (QED) is 0.0458. The van der Waals surface area contributed by atoms with Crippen LogP contribution in [0, 0.1) is 5.92 Å². The van der Waals surface area contributed by atoms with Gasteiger partial charge in [0, 0.05) is 62.8 Å². The van der Waals surface area contributed by atoms with E-state index < -0.39 is 23.8 Å². The Balaban J connectivity index is 0.753. The fourth-order valence-corrected chi connectivity index (χ4v) is 10.7. The molecule has 11 heteroatoms. The van der Waals surface area contributed by atoms with Crippen molar-refractivity contribution in [3.63, 3.8) is 0 Å². The van der Waals surface area contributed by atoms with Crippen molar-refractivity contribution < 1.29 is 23.9 Å². The number of Topliss-reactive ketones (excluding diaryl/α,β-unsaturated/α-hetero) is 1. The number of anilines is 1. The summed E-state index contributed by atoms with van der Waals surface area (Å²) < 4.78 is 6.29. The highest BCUT2D eigenvalue weighted by Crippen LogP contribution is 2.42. The predicted octanol–water partition coefficient (Wildman–Crippen LogP) is 6.76. The van der Waals surface area contributed by atoms with E-state index in [1.54, 1.807) is 4.90 Å². The summed E-state index contributed by atoms with van der Waals surface area (Å²) in [6.45, 7) is 7.13. The highest BCUT2D eigenvalue weighted by Gasteiger charge is 2.47. The lowest BCUT2D eigenvalue weighted by Crippen LogP contribution is -2.69. The zero-order chi connectivity index (χ0) is 41.9. The second kappa shape index (κ2) is 18.5. The molecule has 6 aliphatic rings. The molecule has 10 nitrogen and oxygen atoms in total. The molecule has 6 heterocycles. The number of aldehydes is 1. The molecule has 5 fully saturated rings. The number of ketones is 1. The Morgan fingerprint density at radius 3 is 2.20 bits per heavy atom. The standard InChI is InChI=1S/C50H54ClN5O5/c51-22-19-43(35-7-3-1-4-8-35)48(36-9-5-2-6-10-36)37-12-15-42(16-13-37)61-26-25-53-23-20-34(21-24-53)29-55-40-27-41(55)32-54(31-40)39-14-11-38-30-56(45-17-18-47(59)52-50(45)60)49(44(38)28-39)46(58)33-57/h1-16,28,33-34,40-41,45,49H,17-27,29-32H2,(H,52,59,60). The van der Waals surface area contributed by atoms with E-state index in [1.165, 1.54) is 41.5 Å². The second-order valence-electron chi connectivity index (χ2n) is 17.3. The maximum absolute atomic E-state index is 13.0. The molecule has 6 aliphatic heterocycles. The number of imide groups is 1. The van der Waals surface area contributed by atoms with E-state index in [-0.39, 0.29) is 12.3 Å². The summed E-state index contributed by atoms with van der Waals surface area (Å²) in [7, 11) is 0. The number of rotatable bonds is 15. The van der Waals surface area contributed by atoms with Crippen molar-refractivity contribution >= 4 is 52.3 Å². The van der Waals surface area contributed by atoms with Crippen LogP contribution in [0.4, 0.5) is 5.69 Å². The summed E-state index contributed by atoms with van der Waals surface area (Å²) >= 11 is 6.36. The van der Waals surface area contributed by atoms with Gasteiger partial charge in [-0.15, -0.1) is 11.6 Å². The van der Waals surface area contributed by atoms with E-state index in [2.05, 4.69) is 111 Å². The first-order valence-electron chi connectivity index (χ1n) is 21.9. The van der Waals surface area contributed by atoms with E-state index in [9.17, 15) is 19.2 Å². The Morgan fingerprint density at radius 1 is 0.836 bits per heavy atom. The van der Waals surface area contributed by atoms with Gasteiger partial charge in [0.1, 0.15) is 18.4 Å². The summed E-state index contributed by atoms with van der Waals surface area (Å²) in [6, 6.07) is 35.4. The number of benzene rings is 4. The van der Waals surface area contributed by atoms with Gasteiger partial charge in [-0.05, 0) is 114 Å². The van der Waals surface area contributed by atoms with Gasteiger partial charge in [-0.25, -0.2) is 0 Å². The lowest BCUT2D eigenvalue weighted by atomic mass is 9.84. The van der Waals surface area contributed by atoms with E-state index in [0.29, 0.717) is 49.7 Å². The van der Waals surface area contributed by atoms with Crippen LogP contribution in [0.3, 0.4) is 0 Å². The summed E-state index contributed by atoms with van der Waals surface area (Å²) in [6.07, 6.45) is 5.28. The largest absolute Gasteiger partial charge is 0.492 e. The average Bonchev–Trinajstić information content (AvgIpc) is 3.68. The van der Waals surface area contributed by atoms with Crippen LogP contribution in [0.5, 0.6) is 5.75 Å². The number of hydrogen-bond acceptors (Lipinski definition) is 9. The fourth-order valence-electron chi connectivity index (χ4n) is 10.5. The first kappa shape index (κ1) is 41.2. The number of piperazine rings is 1. The molecule has 316 valence electrons. The number of fused-ring (bicyclic) bond motifs is 3. The Kier molecular flexibility index (Phi) is 12.5. The van der Waals surface area contributed by atoms with Crippen LogP contribution in [0.2, 0.25) is 0 Å². The molecule has 2 amide bonds. The number of carbonyl (C=O) groups is 4. The fraction of sp³-hybridized carbons (Fsp3) is 0.400. The number of likely N-dealkylation sites (tertiary alicyclic amines) is 1. The molecule has 4 atom stereocenters. The molecule has 10 rings (SSSR count). The van der Waals surface area contributed by atoms with E-state index >= 15 is 0 Å². The summed E-state index contributed by atoms with van der Waals surface area (Å²) in [4.78, 5) is 58.8. The lowest BCUT2D eigenvalue weighted by Gasteiger charge is -2.58. The van der Waals surface area contributed by atoms with Crippen molar-refractivity contribution in [2.24, 2.45) is 5.92 Å². The van der Waals surface area contributed by atoms with E-state index in [0.717, 1.165) is 73.8 Å². The Hall–Kier alpha value is -5.13. The summed E-state index contributed by atoms with van der Waals surface area (Å²) in [5.41, 5.74) is 8.75. The van der Waals surface area contributed by atoms with Crippen LogP contribution in [0.1, 0.15) is 72.4 Å². The van der Waals surface area contributed by atoms with Crippen LogP contribution < -0.4 is 15.0 Å². The topological polar surface area (TPSA) is 102 Å². The number of piperidine rings is 3. The number of carbonyl (C=O) groups excluding carboxylic acids is 4. The number of hydrogen-bond donors (Lipinski definition) is 1. The first-order valence-corrected chi connectivity index (χ1v) is 22.5. The molecule has 0 spiro atoms. The number of halogens is 1. The molecular weight excluding hydrogens is 786 g/mol. The third-order valence-electron chi connectivity index (χ3n) is 13.6. The van der Waals surface area contributed by atoms with Gasteiger partial charge < -0.3 is 9.64 Å². The first-order chi connectivity index (χ1) is 29.9. The average molecular weight is 840 g/mol. The molecule has 4 unspecified atom stereocenters. The van der Waals surface area contributed by atoms with Crippen LogP contribution in [-0.2, 0) is 25.7 Å². The van der Waals surface area contributed by atoms with Gasteiger partial charge in [-0.3, -0.25) is 39.2 Å². The molecule has 5 saturated heterocycles. The minimum absolute atomic E-state index is 0.219. The molecule has 4 aromatic rings. The maximum Gasteiger partial charge on any atom is 0.243 e. The molecule has 0 aromatic heterocycles. The normalized spacial score (nSPS) is 23.8. The minimum Gasteiger partial charge on any atom is -0.492 e. The molecule has 61 heavy (non-hydrogen) atoms. The Labute approximate surface area is 363 Å². The van der Waals surface area contributed by atoms with Crippen molar-refractivity contribution in [3.8, 4) is 5.75 Å². The highest BCUT2D eigenvalue weighted by atomic mass is 35.5. The zero-order valence-corrected chi connectivity index (χ0v) is 35.3. The summed E-state index contributed by atoms with van der Waals surface area (Å²) in [5, 5.41) is 2.41. The van der Waals surface area contributed by atoms with Crippen molar-refractivity contribution in [2.45, 2.75) is 69.2 Å². The number of ether oxygens (including phenoxy) is 1. The second-order valence-corrected chi connectivity index (χ2v) is 17.7. The molecule has 0 aliphatic carbocycles. The predicted molar refractivity (Wildman–Crippen MR) is 238 cm³/mol. The number of nitrogens with one attached hydrogen (secondary N) is 1. The van der Waals surface area contributed by atoms with Crippen molar-refractivity contribution in [1.29, 1.82) is 0 Å². The van der Waals surface area contributed by atoms with Crippen molar-refractivity contribution in [1.82, 2.24) is 20.0 Å². The lowest BCUT2D eigenvalue weighted by molar-refractivity contribution is -0.141. The molecule has 0 saturated carbocycles. The van der Waals surface area contributed by atoms with E-state index in [1.807, 2.05) is 12.1 Å². The Morgan fingerprint density at radius 2 is 1.52 bits per heavy atom. The third kappa shape index (κ3) is 8.82. The van der Waals surface area contributed by atoms with Gasteiger partial charge >= 0.3 is 0 Å². The van der Waals surface area contributed by atoms with Gasteiger partial charge in [-0.2, -0.15) is 0 Å². The van der Waals surface area contributed by atoms with Gasteiger partial charge in [0.05, 0.1) is 6.04 Å². The third-order valence-corrected chi connectivity index (χ3v) is 13.8. The van der Waals surface area contributed by atoms with Gasteiger partial charge in [0.2, 0.25) is 17.6 Å². The van der Waals surface area contributed by atoms with Crippen LogP contribution in [0.15, 0.2) is 103 Å². The zero-order valence-electron chi connectivity index (χ0n) is 34.6. The smallest absolute Gasteiger partial charge is 0.243 e. The number of allylic oxidation sites excluding steroid dienone is 1. The molecule has 2 bridgehead atoms.